The zero-order valence-electron chi connectivity index (χ0n) is 11.5. The highest BCUT2D eigenvalue weighted by molar-refractivity contribution is 5.97. The topological polar surface area (TPSA) is 94.0 Å². The fraction of sp³-hybridized carbons (Fsp3) is 0.500. The van der Waals surface area contributed by atoms with Gasteiger partial charge in [-0.25, -0.2) is 4.98 Å². The molecule has 6 heteroatoms. The molecule has 106 valence electrons. The molecule has 0 aromatic carbocycles. The molecule has 3 N–H and O–H groups in total. The summed E-state index contributed by atoms with van der Waals surface area (Å²) in [7, 11) is 0. The molecule has 0 unspecified atom stereocenters. The first-order chi connectivity index (χ1) is 9.63. The van der Waals surface area contributed by atoms with E-state index in [-0.39, 0.29) is 11.4 Å². The van der Waals surface area contributed by atoms with Crippen molar-refractivity contribution >= 4 is 17.0 Å². The zero-order valence-corrected chi connectivity index (χ0v) is 11.5. The third-order valence-corrected chi connectivity index (χ3v) is 4.10. The number of nitrogens with two attached hydrogens (primary N) is 1. The van der Waals surface area contributed by atoms with Crippen molar-refractivity contribution < 1.29 is 9.32 Å². The normalized spacial score (nSPS) is 17.5. The molecule has 0 radical (unpaired) electrons. The molecule has 3 rings (SSSR count). The first-order valence-electron chi connectivity index (χ1n) is 6.88. The summed E-state index contributed by atoms with van der Waals surface area (Å²) in [5.41, 5.74) is 7.29. The van der Waals surface area contributed by atoms with E-state index in [2.05, 4.69) is 15.5 Å². The lowest BCUT2D eigenvalue weighted by Gasteiger charge is -2.28. The molecule has 1 aliphatic rings. The number of amides is 1. The minimum absolute atomic E-state index is 0.132. The van der Waals surface area contributed by atoms with Crippen molar-refractivity contribution in [3.05, 3.63) is 23.5 Å². The van der Waals surface area contributed by atoms with Gasteiger partial charge in [-0.3, -0.25) is 4.79 Å². The van der Waals surface area contributed by atoms with Crippen molar-refractivity contribution in [1.29, 1.82) is 0 Å². The number of pyridine rings is 1. The Morgan fingerprint density at radius 3 is 2.95 bits per heavy atom. The lowest BCUT2D eigenvalue weighted by Crippen LogP contribution is -2.51. The fourth-order valence-corrected chi connectivity index (χ4v) is 2.81. The number of rotatable bonds is 3. The number of hydrogen-bond acceptors (Lipinski definition) is 5. The molecule has 1 aliphatic carbocycles. The summed E-state index contributed by atoms with van der Waals surface area (Å²) >= 11 is 0. The van der Waals surface area contributed by atoms with Crippen molar-refractivity contribution in [2.45, 2.75) is 38.1 Å². The lowest BCUT2D eigenvalue weighted by atomic mass is 9.97. The standard InChI is InChI=1S/C14H18N4O2/c1-9-11-6-10(7-16-13(11)20-18-9)12(19)17-14(8-15)4-2-3-5-14/h6-7H,2-5,8,15H2,1H3,(H,17,19). The quantitative estimate of drug-likeness (QED) is 0.885. The third kappa shape index (κ3) is 2.16. The second-order valence-corrected chi connectivity index (χ2v) is 5.49. The van der Waals surface area contributed by atoms with Crippen LogP contribution in [0.5, 0.6) is 0 Å². The van der Waals surface area contributed by atoms with E-state index in [4.69, 9.17) is 10.3 Å². The number of nitrogens with one attached hydrogen (secondary N) is 1. The van der Waals surface area contributed by atoms with E-state index in [0.717, 1.165) is 36.8 Å². The number of hydrogen-bond donors (Lipinski definition) is 2. The molecule has 2 aromatic heterocycles. The summed E-state index contributed by atoms with van der Waals surface area (Å²) < 4.78 is 5.05. The van der Waals surface area contributed by atoms with Crippen LogP contribution >= 0.6 is 0 Å². The molecule has 20 heavy (non-hydrogen) atoms. The molecule has 1 saturated carbocycles. The van der Waals surface area contributed by atoms with Gasteiger partial charge in [0.2, 0.25) is 0 Å². The average molecular weight is 274 g/mol. The van der Waals surface area contributed by atoms with E-state index in [1.54, 1.807) is 6.07 Å². The summed E-state index contributed by atoms with van der Waals surface area (Å²) in [6, 6.07) is 1.77. The number of fused-ring (bicyclic) bond motifs is 1. The highest BCUT2D eigenvalue weighted by Gasteiger charge is 2.34. The summed E-state index contributed by atoms with van der Waals surface area (Å²) in [6.45, 7) is 2.30. The highest BCUT2D eigenvalue weighted by Crippen LogP contribution is 2.29. The predicted octanol–water partition coefficient (Wildman–Crippen LogP) is 1.53. The number of nitrogens with zero attached hydrogens (tertiary/aromatic N) is 2. The molecular weight excluding hydrogens is 256 g/mol. The minimum Gasteiger partial charge on any atom is -0.345 e. The number of carbonyl (C=O) groups excluding carboxylic acids is 1. The van der Waals surface area contributed by atoms with Crippen LogP contribution in [0, 0.1) is 6.92 Å². The highest BCUT2D eigenvalue weighted by atomic mass is 16.5. The fourth-order valence-electron chi connectivity index (χ4n) is 2.81. The van der Waals surface area contributed by atoms with Crippen LogP contribution in [0.15, 0.2) is 16.8 Å². The molecule has 1 amide bonds. The Hall–Kier alpha value is -1.95. The van der Waals surface area contributed by atoms with Crippen LogP contribution in [-0.4, -0.2) is 28.1 Å². The Morgan fingerprint density at radius 2 is 2.25 bits per heavy atom. The van der Waals surface area contributed by atoms with E-state index in [1.807, 2.05) is 6.92 Å². The van der Waals surface area contributed by atoms with Gasteiger partial charge in [-0.2, -0.15) is 0 Å². The average Bonchev–Trinajstić information content (AvgIpc) is 3.07. The maximum Gasteiger partial charge on any atom is 0.257 e. The lowest BCUT2D eigenvalue weighted by molar-refractivity contribution is 0.0903. The first-order valence-corrected chi connectivity index (χ1v) is 6.88. The smallest absolute Gasteiger partial charge is 0.257 e. The van der Waals surface area contributed by atoms with E-state index in [1.165, 1.54) is 6.20 Å². The molecule has 0 atom stereocenters. The largest absolute Gasteiger partial charge is 0.345 e. The van der Waals surface area contributed by atoms with E-state index in [9.17, 15) is 4.79 Å². The van der Waals surface area contributed by atoms with Crippen LogP contribution in [0.2, 0.25) is 0 Å². The van der Waals surface area contributed by atoms with Gasteiger partial charge in [0.1, 0.15) is 0 Å². The molecule has 2 aromatic rings. The second kappa shape index (κ2) is 4.86. The van der Waals surface area contributed by atoms with Crippen molar-refractivity contribution in [3.8, 4) is 0 Å². The SMILES string of the molecule is Cc1noc2ncc(C(=O)NC3(CN)CCCC3)cc12. The Morgan fingerprint density at radius 1 is 1.50 bits per heavy atom. The molecule has 6 nitrogen and oxygen atoms in total. The summed E-state index contributed by atoms with van der Waals surface area (Å²) in [5.74, 6) is -0.132. The molecular formula is C14H18N4O2. The van der Waals surface area contributed by atoms with Crippen LogP contribution in [0.1, 0.15) is 41.7 Å². The van der Waals surface area contributed by atoms with Crippen LogP contribution in [-0.2, 0) is 0 Å². The van der Waals surface area contributed by atoms with Crippen LogP contribution in [0.3, 0.4) is 0 Å². The molecule has 0 bridgehead atoms. The van der Waals surface area contributed by atoms with Crippen molar-refractivity contribution in [2.24, 2.45) is 5.73 Å². The Labute approximate surface area is 116 Å². The van der Waals surface area contributed by atoms with Crippen molar-refractivity contribution in [2.75, 3.05) is 6.54 Å². The molecule has 2 heterocycles. The first kappa shape index (κ1) is 13.1. The number of carbonyl (C=O) groups is 1. The Balaban J connectivity index is 1.86. The molecule has 0 spiro atoms. The van der Waals surface area contributed by atoms with E-state index in [0.29, 0.717) is 17.8 Å². The van der Waals surface area contributed by atoms with Crippen LogP contribution < -0.4 is 11.1 Å². The van der Waals surface area contributed by atoms with E-state index < -0.39 is 0 Å². The van der Waals surface area contributed by atoms with Gasteiger partial charge >= 0.3 is 0 Å². The predicted molar refractivity (Wildman–Crippen MR) is 74.3 cm³/mol. The number of aryl methyl sites for hydroxylation is 1. The van der Waals surface area contributed by atoms with Gasteiger partial charge in [-0.1, -0.05) is 18.0 Å². The third-order valence-electron chi connectivity index (χ3n) is 4.10. The van der Waals surface area contributed by atoms with Gasteiger partial charge in [0, 0.05) is 12.7 Å². The van der Waals surface area contributed by atoms with Gasteiger partial charge in [-0.15, -0.1) is 0 Å². The van der Waals surface area contributed by atoms with Gasteiger partial charge in [0.05, 0.1) is 22.2 Å². The monoisotopic (exact) mass is 274 g/mol. The molecule has 0 saturated heterocycles. The number of aromatic nitrogens is 2. The zero-order chi connectivity index (χ0) is 14.2. The van der Waals surface area contributed by atoms with Crippen molar-refractivity contribution in [3.63, 3.8) is 0 Å². The van der Waals surface area contributed by atoms with Gasteiger partial charge in [-0.05, 0) is 25.8 Å². The molecule has 0 aliphatic heterocycles. The summed E-state index contributed by atoms with van der Waals surface area (Å²) in [4.78, 5) is 16.5. The van der Waals surface area contributed by atoms with Gasteiger partial charge in [0.15, 0.2) is 0 Å². The minimum atomic E-state index is -0.254. The summed E-state index contributed by atoms with van der Waals surface area (Å²) in [5, 5.41) is 7.69. The van der Waals surface area contributed by atoms with Crippen LogP contribution in [0.4, 0.5) is 0 Å². The summed E-state index contributed by atoms with van der Waals surface area (Å²) in [6.07, 6.45) is 5.62. The van der Waals surface area contributed by atoms with Crippen molar-refractivity contribution in [1.82, 2.24) is 15.5 Å². The van der Waals surface area contributed by atoms with Gasteiger partial charge in [0.25, 0.3) is 11.6 Å². The van der Waals surface area contributed by atoms with E-state index >= 15 is 0 Å². The molecule has 1 fully saturated rings. The maximum atomic E-state index is 12.4. The van der Waals surface area contributed by atoms with Crippen LogP contribution in [0.25, 0.3) is 11.1 Å². The second-order valence-electron chi connectivity index (χ2n) is 5.49. The Bertz CT molecular complexity index is 644. The maximum absolute atomic E-state index is 12.4. The Kier molecular flexibility index (Phi) is 3.17. The van der Waals surface area contributed by atoms with Gasteiger partial charge < -0.3 is 15.6 Å².